The Labute approximate surface area is 145 Å². The van der Waals surface area contributed by atoms with Crippen LogP contribution in [0.25, 0.3) is 0 Å². The number of piperazine rings is 1. The number of carbonyl (C=O) groups is 1. The Kier molecular flexibility index (Phi) is 4.84. The molecule has 1 aliphatic rings. The maximum absolute atomic E-state index is 12.1. The topological polar surface area (TPSA) is 84.6 Å². The van der Waals surface area contributed by atoms with Crippen molar-refractivity contribution in [2.24, 2.45) is 0 Å². The number of nitrogen functional groups attached to an aromatic ring is 1. The first-order valence-electron chi connectivity index (χ1n) is 7.94. The minimum atomic E-state index is -0.341. The maximum atomic E-state index is 12.1. The summed E-state index contributed by atoms with van der Waals surface area (Å²) in [4.78, 5) is 25.1. The van der Waals surface area contributed by atoms with Crippen molar-refractivity contribution in [3.8, 4) is 0 Å². The van der Waals surface area contributed by atoms with E-state index in [0.29, 0.717) is 17.2 Å². The van der Waals surface area contributed by atoms with E-state index in [2.05, 4.69) is 19.8 Å². The van der Waals surface area contributed by atoms with Crippen molar-refractivity contribution in [2.45, 2.75) is 13.8 Å². The molecule has 2 aromatic rings. The standard InChI is InChI=1S/C16H21N5O2S/c1-3-23-15(22)12-11(2)14(24-13(12)17)20-7-9-21(10-8-20)16-18-5-4-6-19-16/h4-6H,3,7-10,17H2,1-2H3. The normalized spacial score (nSPS) is 14.8. The van der Waals surface area contributed by atoms with Crippen LogP contribution in [0.2, 0.25) is 0 Å². The van der Waals surface area contributed by atoms with Gasteiger partial charge in [-0.3, -0.25) is 0 Å². The van der Waals surface area contributed by atoms with Gasteiger partial charge in [0.15, 0.2) is 0 Å². The molecule has 7 nitrogen and oxygen atoms in total. The van der Waals surface area contributed by atoms with Crippen molar-refractivity contribution in [3.63, 3.8) is 0 Å². The molecule has 8 heteroatoms. The average molecular weight is 347 g/mol. The molecule has 0 amide bonds. The molecule has 0 aliphatic carbocycles. The van der Waals surface area contributed by atoms with Crippen LogP contribution in [0.1, 0.15) is 22.8 Å². The number of aromatic nitrogens is 2. The Hall–Kier alpha value is -2.35. The third kappa shape index (κ3) is 3.14. The number of nitrogens with zero attached hydrogens (tertiary/aromatic N) is 4. The van der Waals surface area contributed by atoms with Gasteiger partial charge in [-0.2, -0.15) is 0 Å². The van der Waals surface area contributed by atoms with E-state index in [1.807, 2.05) is 13.0 Å². The fourth-order valence-electron chi connectivity index (χ4n) is 2.85. The van der Waals surface area contributed by atoms with E-state index in [1.165, 1.54) is 11.3 Å². The van der Waals surface area contributed by atoms with E-state index in [0.717, 1.165) is 42.7 Å². The first-order valence-corrected chi connectivity index (χ1v) is 8.76. The lowest BCUT2D eigenvalue weighted by Crippen LogP contribution is -2.47. The number of hydrogen-bond donors (Lipinski definition) is 1. The Bertz CT molecular complexity index is 711. The van der Waals surface area contributed by atoms with Gasteiger partial charge in [0.05, 0.1) is 17.2 Å². The summed E-state index contributed by atoms with van der Waals surface area (Å²) in [5, 5.41) is 1.57. The molecule has 0 bridgehead atoms. The largest absolute Gasteiger partial charge is 0.462 e. The number of rotatable bonds is 4. The van der Waals surface area contributed by atoms with E-state index < -0.39 is 0 Å². The quantitative estimate of drug-likeness (QED) is 0.846. The summed E-state index contributed by atoms with van der Waals surface area (Å²) < 4.78 is 5.11. The lowest BCUT2D eigenvalue weighted by Gasteiger charge is -2.35. The predicted molar refractivity (Wildman–Crippen MR) is 95.9 cm³/mol. The van der Waals surface area contributed by atoms with Gasteiger partial charge in [-0.1, -0.05) is 0 Å². The molecule has 3 heterocycles. The minimum Gasteiger partial charge on any atom is -0.462 e. The molecule has 2 aromatic heterocycles. The van der Waals surface area contributed by atoms with Crippen LogP contribution in [0.3, 0.4) is 0 Å². The Morgan fingerprint density at radius 1 is 1.25 bits per heavy atom. The smallest absolute Gasteiger partial charge is 0.341 e. The van der Waals surface area contributed by atoms with Gasteiger partial charge in [-0.05, 0) is 19.9 Å². The number of nitrogens with two attached hydrogens (primary N) is 1. The van der Waals surface area contributed by atoms with Crippen LogP contribution in [-0.4, -0.2) is 48.7 Å². The molecule has 0 atom stereocenters. The van der Waals surface area contributed by atoms with Crippen LogP contribution in [0.15, 0.2) is 18.5 Å². The van der Waals surface area contributed by atoms with Crippen LogP contribution in [0.4, 0.5) is 16.0 Å². The fourth-order valence-corrected chi connectivity index (χ4v) is 3.96. The lowest BCUT2D eigenvalue weighted by atomic mass is 10.2. The highest BCUT2D eigenvalue weighted by atomic mass is 32.1. The second kappa shape index (κ2) is 7.04. The third-order valence-corrected chi connectivity index (χ3v) is 5.21. The van der Waals surface area contributed by atoms with E-state index in [-0.39, 0.29) is 5.97 Å². The number of carbonyl (C=O) groups excluding carboxylic acids is 1. The van der Waals surface area contributed by atoms with Crippen LogP contribution in [-0.2, 0) is 4.74 Å². The van der Waals surface area contributed by atoms with Crippen molar-refractivity contribution in [2.75, 3.05) is 48.3 Å². The van der Waals surface area contributed by atoms with Gasteiger partial charge in [-0.25, -0.2) is 14.8 Å². The molecule has 2 N–H and O–H groups in total. The predicted octanol–water partition coefficient (Wildman–Crippen LogP) is 1.93. The molecule has 1 aliphatic heterocycles. The zero-order valence-corrected chi connectivity index (χ0v) is 14.7. The Morgan fingerprint density at radius 3 is 2.50 bits per heavy atom. The van der Waals surface area contributed by atoms with Gasteiger partial charge in [0.25, 0.3) is 0 Å². The highest BCUT2D eigenvalue weighted by Gasteiger charge is 2.26. The van der Waals surface area contributed by atoms with Crippen LogP contribution in [0.5, 0.6) is 0 Å². The summed E-state index contributed by atoms with van der Waals surface area (Å²) in [5.41, 5.74) is 7.47. The monoisotopic (exact) mass is 347 g/mol. The summed E-state index contributed by atoms with van der Waals surface area (Å²) in [7, 11) is 0. The molecule has 3 rings (SSSR count). The molecule has 128 valence electrons. The van der Waals surface area contributed by atoms with Gasteiger partial charge in [0, 0.05) is 44.1 Å². The molecule has 1 saturated heterocycles. The summed E-state index contributed by atoms with van der Waals surface area (Å²) in [5.74, 6) is 0.415. The number of esters is 1. The number of anilines is 3. The molecule has 0 aromatic carbocycles. The zero-order chi connectivity index (χ0) is 17.1. The van der Waals surface area contributed by atoms with Gasteiger partial charge >= 0.3 is 5.97 Å². The summed E-state index contributed by atoms with van der Waals surface area (Å²) >= 11 is 1.45. The van der Waals surface area contributed by atoms with Crippen LogP contribution in [0, 0.1) is 6.92 Å². The Morgan fingerprint density at radius 2 is 1.88 bits per heavy atom. The number of thiophene rings is 1. The zero-order valence-electron chi connectivity index (χ0n) is 13.9. The highest BCUT2D eigenvalue weighted by molar-refractivity contribution is 7.20. The van der Waals surface area contributed by atoms with E-state index in [9.17, 15) is 4.79 Å². The molecule has 0 radical (unpaired) electrons. The van der Waals surface area contributed by atoms with Gasteiger partial charge in [0.2, 0.25) is 5.95 Å². The summed E-state index contributed by atoms with van der Waals surface area (Å²) in [6.45, 7) is 7.40. The van der Waals surface area contributed by atoms with E-state index >= 15 is 0 Å². The first-order chi connectivity index (χ1) is 11.6. The molecule has 0 saturated carbocycles. The van der Waals surface area contributed by atoms with Crippen molar-refractivity contribution in [3.05, 3.63) is 29.6 Å². The van der Waals surface area contributed by atoms with Gasteiger partial charge < -0.3 is 20.3 Å². The summed E-state index contributed by atoms with van der Waals surface area (Å²) in [6.07, 6.45) is 3.51. The molecular weight excluding hydrogens is 326 g/mol. The second-order valence-corrected chi connectivity index (χ2v) is 6.55. The number of hydrogen-bond acceptors (Lipinski definition) is 8. The molecular formula is C16H21N5O2S. The molecule has 24 heavy (non-hydrogen) atoms. The minimum absolute atomic E-state index is 0.341. The highest BCUT2D eigenvalue weighted by Crippen LogP contribution is 2.38. The Balaban J connectivity index is 1.73. The van der Waals surface area contributed by atoms with Gasteiger partial charge in [-0.15, -0.1) is 11.3 Å². The fraction of sp³-hybridized carbons (Fsp3) is 0.438. The van der Waals surface area contributed by atoms with E-state index in [4.69, 9.17) is 10.5 Å². The van der Waals surface area contributed by atoms with Crippen LogP contribution < -0.4 is 15.5 Å². The average Bonchev–Trinajstić information content (AvgIpc) is 2.90. The van der Waals surface area contributed by atoms with Crippen molar-refractivity contribution < 1.29 is 9.53 Å². The first kappa shape index (κ1) is 16.5. The van der Waals surface area contributed by atoms with Crippen molar-refractivity contribution in [1.82, 2.24) is 9.97 Å². The maximum Gasteiger partial charge on any atom is 0.341 e. The number of ether oxygens (including phenoxy) is 1. The summed E-state index contributed by atoms with van der Waals surface area (Å²) in [6, 6.07) is 1.81. The van der Waals surface area contributed by atoms with Crippen LogP contribution >= 0.6 is 11.3 Å². The van der Waals surface area contributed by atoms with E-state index in [1.54, 1.807) is 19.3 Å². The van der Waals surface area contributed by atoms with Crippen molar-refractivity contribution >= 4 is 33.3 Å². The lowest BCUT2D eigenvalue weighted by molar-refractivity contribution is 0.0527. The molecule has 1 fully saturated rings. The SMILES string of the molecule is CCOC(=O)c1c(N)sc(N2CCN(c3ncccn3)CC2)c1C. The van der Waals surface area contributed by atoms with Crippen molar-refractivity contribution in [1.29, 1.82) is 0 Å². The molecule has 0 unspecified atom stereocenters. The third-order valence-electron chi connectivity index (χ3n) is 4.03. The second-order valence-electron chi connectivity index (χ2n) is 5.51. The van der Waals surface area contributed by atoms with Gasteiger partial charge in [0.1, 0.15) is 5.00 Å². The molecule has 0 spiro atoms.